The van der Waals surface area contributed by atoms with Crippen LogP contribution < -0.4 is 25.3 Å². The number of rotatable bonds is 14. The van der Waals surface area contributed by atoms with Crippen LogP contribution in [0.4, 0.5) is 4.79 Å². The number of carbonyl (C=O) groups is 3. The molecule has 3 rings (SSSR count). The SMILES string of the molecule is CCCCCN(C(=O)N[C@@H](CC1CCCCC1)C(N)=O)C(=O)C(c1cc(OC)c(OC)c(OC)c1)C1CCCCC1. The van der Waals surface area contributed by atoms with Crippen molar-refractivity contribution in [3.05, 3.63) is 17.7 Å². The van der Waals surface area contributed by atoms with Crippen LogP contribution >= 0.6 is 0 Å². The molecule has 0 heterocycles. The minimum Gasteiger partial charge on any atom is -0.493 e. The first-order chi connectivity index (χ1) is 19.8. The highest BCUT2D eigenvalue weighted by Gasteiger charge is 2.38. The lowest BCUT2D eigenvalue weighted by Gasteiger charge is -2.34. The zero-order valence-electron chi connectivity index (χ0n) is 25.5. The maximum Gasteiger partial charge on any atom is 0.324 e. The van der Waals surface area contributed by atoms with E-state index in [4.69, 9.17) is 19.9 Å². The number of urea groups is 1. The summed E-state index contributed by atoms with van der Waals surface area (Å²) in [6, 6.07) is 2.31. The van der Waals surface area contributed by atoms with Gasteiger partial charge < -0.3 is 25.3 Å². The Morgan fingerprint density at radius 3 is 2.00 bits per heavy atom. The zero-order chi connectivity index (χ0) is 29.8. The Balaban J connectivity index is 1.96. The normalized spacial score (nSPS) is 17.8. The van der Waals surface area contributed by atoms with E-state index in [9.17, 15) is 14.4 Å². The van der Waals surface area contributed by atoms with Crippen LogP contribution in [0.5, 0.6) is 17.2 Å². The molecule has 0 bridgehead atoms. The molecule has 0 saturated heterocycles. The van der Waals surface area contributed by atoms with Crippen LogP contribution in [-0.4, -0.2) is 56.7 Å². The molecular formula is C32H51N3O6. The second kappa shape index (κ2) is 16.5. The molecule has 230 valence electrons. The van der Waals surface area contributed by atoms with E-state index in [0.29, 0.717) is 36.0 Å². The number of methoxy groups -OCH3 is 3. The summed E-state index contributed by atoms with van der Waals surface area (Å²) in [5.74, 6) is 0.422. The molecule has 0 aromatic heterocycles. The lowest BCUT2D eigenvalue weighted by Crippen LogP contribution is -2.53. The van der Waals surface area contributed by atoms with Crippen LogP contribution in [0, 0.1) is 11.8 Å². The van der Waals surface area contributed by atoms with Crippen LogP contribution in [0.15, 0.2) is 12.1 Å². The molecule has 2 atom stereocenters. The number of nitrogens with two attached hydrogens (primary N) is 1. The Morgan fingerprint density at radius 2 is 1.49 bits per heavy atom. The van der Waals surface area contributed by atoms with Gasteiger partial charge in [-0.1, -0.05) is 71.1 Å². The van der Waals surface area contributed by atoms with Gasteiger partial charge in [0.2, 0.25) is 17.6 Å². The Kier molecular flexibility index (Phi) is 13.1. The molecule has 3 N–H and O–H groups in total. The molecule has 0 spiro atoms. The molecule has 1 aromatic rings. The highest BCUT2D eigenvalue weighted by molar-refractivity contribution is 5.99. The van der Waals surface area contributed by atoms with Crippen LogP contribution in [0.2, 0.25) is 0 Å². The van der Waals surface area contributed by atoms with E-state index in [-0.39, 0.29) is 18.4 Å². The number of carbonyl (C=O) groups excluding carboxylic acids is 3. The van der Waals surface area contributed by atoms with Crippen molar-refractivity contribution in [1.82, 2.24) is 10.2 Å². The third-order valence-electron chi connectivity index (χ3n) is 8.86. The van der Waals surface area contributed by atoms with Gasteiger partial charge in [0.25, 0.3) is 0 Å². The minimum absolute atomic E-state index is 0.0645. The first-order valence-corrected chi connectivity index (χ1v) is 15.6. The first kappa shape index (κ1) is 32.5. The van der Waals surface area contributed by atoms with Crippen molar-refractivity contribution in [1.29, 1.82) is 0 Å². The van der Waals surface area contributed by atoms with Gasteiger partial charge >= 0.3 is 6.03 Å². The third-order valence-corrected chi connectivity index (χ3v) is 8.86. The third kappa shape index (κ3) is 8.76. The molecular weight excluding hydrogens is 522 g/mol. The smallest absolute Gasteiger partial charge is 0.324 e. The van der Waals surface area contributed by atoms with Gasteiger partial charge in [0.1, 0.15) is 6.04 Å². The highest BCUT2D eigenvalue weighted by atomic mass is 16.5. The van der Waals surface area contributed by atoms with E-state index in [1.807, 2.05) is 12.1 Å². The Bertz CT molecular complexity index is 978. The van der Waals surface area contributed by atoms with Crippen molar-refractivity contribution < 1.29 is 28.6 Å². The lowest BCUT2D eigenvalue weighted by atomic mass is 9.76. The molecule has 4 amide bonds. The zero-order valence-corrected chi connectivity index (χ0v) is 25.5. The molecule has 2 fully saturated rings. The number of hydrogen-bond donors (Lipinski definition) is 2. The van der Waals surface area contributed by atoms with Crippen molar-refractivity contribution in [3.8, 4) is 17.2 Å². The summed E-state index contributed by atoms with van der Waals surface area (Å²) in [5, 5.41) is 2.87. The van der Waals surface area contributed by atoms with Gasteiger partial charge in [-0.2, -0.15) is 0 Å². The fraction of sp³-hybridized carbons (Fsp3) is 0.719. The molecule has 1 unspecified atom stereocenters. The number of imide groups is 1. The Morgan fingerprint density at radius 1 is 0.902 bits per heavy atom. The van der Waals surface area contributed by atoms with Crippen molar-refractivity contribution in [2.45, 2.75) is 109 Å². The molecule has 1 aromatic carbocycles. The molecule has 2 aliphatic rings. The molecule has 9 heteroatoms. The summed E-state index contributed by atoms with van der Waals surface area (Å²) in [6.07, 6.45) is 13.5. The summed E-state index contributed by atoms with van der Waals surface area (Å²) in [6.45, 7) is 2.36. The average Bonchev–Trinajstić information content (AvgIpc) is 2.99. The predicted octanol–water partition coefficient (Wildman–Crippen LogP) is 5.93. The van der Waals surface area contributed by atoms with E-state index >= 15 is 0 Å². The summed E-state index contributed by atoms with van der Waals surface area (Å²) in [4.78, 5) is 42.1. The molecule has 2 saturated carbocycles. The molecule has 0 aliphatic heterocycles. The van der Waals surface area contributed by atoms with Crippen molar-refractivity contribution in [2.24, 2.45) is 17.6 Å². The van der Waals surface area contributed by atoms with Crippen molar-refractivity contribution in [2.75, 3.05) is 27.9 Å². The number of unbranched alkanes of at least 4 members (excludes halogenated alkanes) is 2. The van der Waals surface area contributed by atoms with Crippen LogP contribution in [-0.2, 0) is 9.59 Å². The van der Waals surface area contributed by atoms with E-state index < -0.39 is 23.9 Å². The van der Waals surface area contributed by atoms with Gasteiger partial charge in [0.15, 0.2) is 11.5 Å². The highest BCUT2D eigenvalue weighted by Crippen LogP contribution is 2.44. The number of nitrogens with zero attached hydrogens (tertiary/aromatic N) is 1. The molecule has 41 heavy (non-hydrogen) atoms. The number of amides is 4. The Labute approximate surface area is 245 Å². The fourth-order valence-electron chi connectivity index (χ4n) is 6.59. The van der Waals surface area contributed by atoms with Gasteiger partial charge in [-0.25, -0.2) is 4.79 Å². The second-order valence-electron chi connectivity index (χ2n) is 11.7. The van der Waals surface area contributed by atoms with Crippen molar-refractivity contribution in [3.63, 3.8) is 0 Å². The second-order valence-corrected chi connectivity index (χ2v) is 11.7. The average molecular weight is 574 g/mol. The van der Waals surface area contributed by atoms with Gasteiger partial charge in [-0.05, 0) is 55.2 Å². The monoisotopic (exact) mass is 573 g/mol. The van der Waals surface area contributed by atoms with Gasteiger partial charge in [0.05, 0.1) is 27.2 Å². The quantitative estimate of drug-likeness (QED) is 0.266. The van der Waals surface area contributed by atoms with E-state index in [0.717, 1.165) is 76.2 Å². The Hall–Kier alpha value is -2.97. The summed E-state index contributed by atoms with van der Waals surface area (Å²) >= 11 is 0. The summed E-state index contributed by atoms with van der Waals surface area (Å²) in [7, 11) is 4.66. The van der Waals surface area contributed by atoms with E-state index in [1.54, 1.807) is 21.3 Å². The largest absolute Gasteiger partial charge is 0.493 e. The van der Waals surface area contributed by atoms with Crippen LogP contribution in [0.25, 0.3) is 0 Å². The lowest BCUT2D eigenvalue weighted by molar-refractivity contribution is -0.132. The number of benzene rings is 1. The topological polar surface area (TPSA) is 120 Å². The maximum absolute atomic E-state index is 14.5. The molecule has 9 nitrogen and oxygen atoms in total. The van der Waals surface area contributed by atoms with E-state index in [1.165, 1.54) is 11.3 Å². The number of nitrogens with one attached hydrogen (secondary N) is 1. The molecule has 2 aliphatic carbocycles. The summed E-state index contributed by atoms with van der Waals surface area (Å²) < 4.78 is 16.8. The van der Waals surface area contributed by atoms with Crippen molar-refractivity contribution >= 4 is 17.8 Å². The number of hydrogen-bond acceptors (Lipinski definition) is 6. The number of ether oxygens (including phenoxy) is 3. The molecule has 0 radical (unpaired) electrons. The summed E-state index contributed by atoms with van der Waals surface area (Å²) in [5.41, 5.74) is 6.50. The number of primary amides is 1. The van der Waals surface area contributed by atoms with Gasteiger partial charge in [-0.15, -0.1) is 0 Å². The van der Waals surface area contributed by atoms with Gasteiger partial charge in [-0.3, -0.25) is 14.5 Å². The first-order valence-electron chi connectivity index (χ1n) is 15.6. The predicted molar refractivity (Wildman–Crippen MR) is 159 cm³/mol. The fourth-order valence-corrected chi connectivity index (χ4v) is 6.59. The standard InChI is InChI=1S/C32H51N3O6/c1-5-6-13-18-35(32(38)34-25(30(33)36)19-22-14-9-7-10-15-22)31(37)28(23-16-11-8-12-17-23)24-20-26(39-2)29(41-4)27(21-24)40-3/h20-23,25,28H,5-19H2,1-4H3,(H2,33,36)(H,34,38)/t25-,28?/m0/s1. The van der Waals surface area contributed by atoms with Crippen LogP contribution in [0.1, 0.15) is 108 Å². The van der Waals surface area contributed by atoms with Crippen LogP contribution in [0.3, 0.4) is 0 Å². The van der Waals surface area contributed by atoms with E-state index in [2.05, 4.69) is 12.2 Å². The van der Waals surface area contributed by atoms with Gasteiger partial charge in [0, 0.05) is 6.54 Å². The maximum atomic E-state index is 14.5. The minimum atomic E-state index is -0.804.